The molecule has 1 fully saturated rings. The smallest absolute Gasteiger partial charge is 0.394 e. The minimum atomic E-state index is -5.09. The van der Waals surface area contributed by atoms with Gasteiger partial charge in [-0.1, -0.05) is 301 Å². The van der Waals surface area contributed by atoms with E-state index < -0.39 is 59.9 Å². The molecule has 1 heterocycles. The van der Waals surface area contributed by atoms with Crippen molar-refractivity contribution in [2.75, 3.05) is 13.2 Å². The molecule has 6 N–H and O–H groups in total. The highest BCUT2D eigenvalue weighted by atomic mass is 32.3. The second-order valence-corrected chi connectivity index (χ2v) is 24.5. The normalized spacial score (nSPS) is 18.9. The van der Waals surface area contributed by atoms with Gasteiger partial charge in [0, 0.05) is 6.42 Å². The molecule has 1 saturated heterocycles. The lowest BCUT2D eigenvalue weighted by molar-refractivity contribution is -0.298. The zero-order chi connectivity index (χ0) is 56.8. The van der Waals surface area contributed by atoms with Crippen LogP contribution in [0, 0.1) is 0 Å². The molecule has 0 aromatic rings. The largest absolute Gasteiger partial charge is 0.397 e. The Labute approximate surface area is 480 Å². The van der Waals surface area contributed by atoms with Gasteiger partial charge in [0.25, 0.3) is 0 Å². The van der Waals surface area contributed by atoms with E-state index in [2.05, 4.69) is 35.5 Å². The molecule has 1 rings (SSSR count). The Morgan fingerprint density at radius 1 is 0.500 bits per heavy atom. The fraction of sp³-hybridized carbons (Fsp3) is 0.923. The van der Waals surface area contributed by atoms with Crippen LogP contribution in [0.15, 0.2) is 24.3 Å². The molecule has 0 radical (unpaired) electrons. The van der Waals surface area contributed by atoms with Crippen molar-refractivity contribution >= 4 is 16.3 Å². The Morgan fingerprint density at radius 2 is 0.821 bits per heavy atom. The van der Waals surface area contributed by atoms with Crippen LogP contribution in [-0.2, 0) is 28.9 Å². The van der Waals surface area contributed by atoms with Gasteiger partial charge in [-0.2, -0.15) is 8.42 Å². The summed E-state index contributed by atoms with van der Waals surface area (Å²) in [5, 5.41) is 45.1. The molecule has 1 aliphatic heterocycles. The third-order valence-electron chi connectivity index (χ3n) is 16.0. The van der Waals surface area contributed by atoms with Crippen LogP contribution in [0.1, 0.15) is 328 Å². The van der Waals surface area contributed by atoms with E-state index in [1.165, 1.54) is 263 Å². The quantitative estimate of drug-likeness (QED) is 0.0193. The minimum absolute atomic E-state index is 0.256. The molecule has 7 unspecified atom stereocenters. The number of aliphatic hydroxyl groups excluding tert-OH is 4. The summed E-state index contributed by atoms with van der Waals surface area (Å²) in [6.07, 6.45) is 61.1. The van der Waals surface area contributed by atoms with Crippen LogP contribution in [0.25, 0.3) is 0 Å². The summed E-state index contributed by atoms with van der Waals surface area (Å²) in [4.78, 5) is 13.2. The highest BCUT2D eigenvalue weighted by molar-refractivity contribution is 7.80. The van der Waals surface area contributed by atoms with Crippen LogP contribution in [-0.4, -0.2) is 95.4 Å². The fourth-order valence-electron chi connectivity index (χ4n) is 10.9. The molecule has 1 aliphatic rings. The molecule has 0 aliphatic carbocycles. The van der Waals surface area contributed by atoms with Gasteiger partial charge in [0.05, 0.1) is 25.4 Å². The summed E-state index contributed by atoms with van der Waals surface area (Å²) in [5.41, 5.74) is 0. The maximum absolute atomic E-state index is 13.2. The van der Waals surface area contributed by atoms with Gasteiger partial charge in [-0.25, -0.2) is 4.18 Å². The number of carbonyl (C=O) groups is 1. The second-order valence-electron chi connectivity index (χ2n) is 23.4. The third-order valence-corrected chi connectivity index (χ3v) is 16.4. The van der Waals surface area contributed by atoms with E-state index in [4.69, 9.17) is 9.47 Å². The lowest BCUT2D eigenvalue weighted by Gasteiger charge is -2.41. The summed E-state index contributed by atoms with van der Waals surface area (Å²) in [6.45, 7) is 3.45. The number of allylic oxidation sites excluding steroid dienone is 3. The SMILES string of the molecule is CCCCCCCCCCCCCC/C=C\CCCCCCCCCCCCCCCCCCCC(=O)NC(COC1OC(CO)C(O)C(OS(=O)(=O)O)C1O)C(O)/C=C/CCCCCCCCCCCCCCCCCC. The van der Waals surface area contributed by atoms with Crippen molar-refractivity contribution in [3.63, 3.8) is 0 Å². The van der Waals surface area contributed by atoms with Crippen LogP contribution in [0.4, 0.5) is 0 Å². The number of rotatable bonds is 59. The molecule has 462 valence electrons. The average Bonchev–Trinajstić information content (AvgIpc) is 3.43. The van der Waals surface area contributed by atoms with E-state index in [0.29, 0.717) is 6.42 Å². The van der Waals surface area contributed by atoms with Gasteiger partial charge >= 0.3 is 10.4 Å². The first kappa shape index (κ1) is 74.6. The topological polar surface area (TPSA) is 192 Å². The molecule has 0 saturated carbocycles. The Kier molecular flexibility index (Phi) is 52.4. The van der Waals surface area contributed by atoms with E-state index in [0.717, 1.165) is 38.5 Å². The summed E-state index contributed by atoms with van der Waals surface area (Å²) in [5.74, 6) is -0.256. The molecule has 0 aromatic carbocycles. The molecule has 0 aromatic heterocycles. The van der Waals surface area contributed by atoms with E-state index in [1.807, 2.05) is 6.08 Å². The number of hydrogen-bond acceptors (Lipinski definition) is 10. The Morgan fingerprint density at radius 3 is 1.15 bits per heavy atom. The number of amides is 1. The van der Waals surface area contributed by atoms with Crippen molar-refractivity contribution in [2.45, 2.75) is 371 Å². The summed E-state index contributed by atoms with van der Waals surface area (Å²) >= 11 is 0. The second kappa shape index (κ2) is 54.8. The molecule has 1 amide bonds. The Bertz CT molecular complexity index is 1470. The van der Waals surface area contributed by atoms with Crippen LogP contribution >= 0.6 is 0 Å². The van der Waals surface area contributed by atoms with Gasteiger partial charge < -0.3 is 35.2 Å². The molecule has 0 spiro atoms. The lowest BCUT2D eigenvalue weighted by atomic mass is 9.99. The predicted octanol–water partition coefficient (Wildman–Crippen LogP) is 16.7. The Hall–Kier alpha value is -1.42. The number of nitrogens with one attached hydrogen (secondary N) is 1. The first-order valence-corrected chi connectivity index (χ1v) is 34.6. The van der Waals surface area contributed by atoms with Gasteiger partial charge in [-0.05, 0) is 44.9 Å². The molecule has 13 heteroatoms. The number of ether oxygens (including phenoxy) is 2. The number of hydrogen-bond donors (Lipinski definition) is 6. The van der Waals surface area contributed by atoms with Gasteiger partial charge in [-0.15, -0.1) is 0 Å². The maximum Gasteiger partial charge on any atom is 0.397 e. The first-order valence-electron chi connectivity index (χ1n) is 33.2. The molecule has 7 atom stereocenters. The van der Waals surface area contributed by atoms with E-state index in [9.17, 15) is 38.2 Å². The molecular formula is C65H125NO11S. The first-order chi connectivity index (χ1) is 38.0. The average molecular weight is 1130 g/mol. The van der Waals surface area contributed by atoms with Crippen molar-refractivity contribution in [1.29, 1.82) is 0 Å². The van der Waals surface area contributed by atoms with Gasteiger partial charge in [0.1, 0.15) is 24.4 Å². The molecule has 12 nitrogen and oxygen atoms in total. The highest BCUT2D eigenvalue weighted by Gasteiger charge is 2.48. The van der Waals surface area contributed by atoms with Crippen molar-refractivity contribution in [3.05, 3.63) is 24.3 Å². The van der Waals surface area contributed by atoms with Crippen LogP contribution in [0.5, 0.6) is 0 Å². The number of aliphatic hydroxyl groups is 4. The maximum atomic E-state index is 13.2. The Balaban J connectivity index is 2.23. The monoisotopic (exact) mass is 1130 g/mol. The minimum Gasteiger partial charge on any atom is -0.394 e. The summed E-state index contributed by atoms with van der Waals surface area (Å²) in [6, 6.07) is -0.943. The summed E-state index contributed by atoms with van der Waals surface area (Å²) < 4.78 is 47.9. The number of unbranched alkanes of at least 4 members (excludes halogenated alkanes) is 45. The zero-order valence-corrected chi connectivity index (χ0v) is 51.3. The molecular weight excluding hydrogens is 1000 g/mol. The number of carbonyl (C=O) groups excluding carboxylic acids is 1. The standard InChI is InChI=1S/C65H125NO11S/c1-3-5-7-9-11-13-15-17-19-21-23-24-25-26-27-28-29-30-31-32-33-34-35-36-37-39-41-43-45-47-49-51-53-55-61(69)66-58(57-75-65-63(71)64(77-78(72,73)74)62(70)60(56-67)76-65)59(68)54-52-50-48-46-44-42-40-38-22-20-18-16-14-12-10-8-6-4-2/h26-27,52,54,58-60,62-65,67-68,70-71H,3-25,28-51,53,55-57H2,1-2H3,(H,66,69)(H,72,73,74)/b27-26-,54-52+. The fourth-order valence-corrected chi connectivity index (χ4v) is 11.4. The van der Waals surface area contributed by atoms with E-state index in [1.54, 1.807) is 6.08 Å². The van der Waals surface area contributed by atoms with Crippen LogP contribution < -0.4 is 5.32 Å². The van der Waals surface area contributed by atoms with Crippen LogP contribution in [0.2, 0.25) is 0 Å². The third kappa shape index (κ3) is 46.1. The van der Waals surface area contributed by atoms with Crippen LogP contribution in [0.3, 0.4) is 0 Å². The molecule has 78 heavy (non-hydrogen) atoms. The van der Waals surface area contributed by atoms with Gasteiger partial charge in [0.15, 0.2) is 6.29 Å². The van der Waals surface area contributed by atoms with Crippen molar-refractivity contribution in [1.82, 2.24) is 5.32 Å². The van der Waals surface area contributed by atoms with Crippen molar-refractivity contribution in [2.24, 2.45) is 0 Å². The van der Waals surface area contributed by atoms with E-state index >= 15 is 0 Å². The van der Waals surface area contributed by atoms with Crippen molar-refractivity contribution in [3.8, 4) is 0 Å². The predicted molar refractivity (Wildman–Crippen MR) is 324 cm³/mol. The van der Waals surface area contributed by atoms with Gasteiger partial charge in [0.2, 0.25) is 5.91 Å². The van der Waals surface area contributed by atoms with E-state index in [-0.39, 0.29) is 18.9 Å². The van der Waals surface area contributed by atoms with Crippen molar-refractivity contribution < 1.29 is 51.8 Å². The molecule has 0 bridgehead atoms. The summed E-state index contributed by atoms with van der Waals surface area (Å²) in [7, 11) is -5.09. The van der Waals surface area contributed by atoms with Gasteiger partial charge in [-0.3, -0.25) is 9.35 Å². The lowest BCUT2D eigenvalue weighted by Crippen LogP contribution is -2.61. The zero-order valence-electron chi connectivity index (χ0n) is 50.5. The highest BCUT2D eigenvalue weighted by Crippen LogP contribution is 2.26.